The van der Waals surface area contributed by atoms with E-state index in [4.69, 9.17) is 9.47 Å². The summed E-state index contributed by atoms with van der Waals surface area (Å²) < 4.78 is 25.0. The summed E-state index contributed by atoms with van der Waals surface area (Å²) in [5, 5.41) is 9.94. The number of hydrogen-bond donors (Lipinski definition) is 2. The van der Waals surface area contributed by atoms with Crippen LogP contribution in [-0.2, 0) is 19.1 Å². The fraction of sp³-hybridized carbons (Fsp3) is 0.538. The zero-order valence-corrected chi connectivity index (χ0v) is 12.3. The van der Waals surface area contributed by atoms with Gasteiger partial charge in [-0.2, -0.15) is 0 Å². The molecule has 5 atom stereocenters. The third-order valence-electron chi connectivity index (χ3n) is 3.35. The number of ketones is 1. The van der Waals surface area contributed by atoms with Crippen molar-refractivity contribution >= 4 is 11.8 Å². The van der Waals surface area contributed by atoms with Gasteiger partial charge >= 0.3 is 11.7 Å². The Labute approximate surface area is 128 Å². The van der Waals surface area contributed by atoms with E-state index in [0.29, 0.717) is 0 Å². The van der Waals surface area contributed by atoms with Crippen LogP contribution in [0.4, 0.5) is 4.39 Å². The SMILES string of the molecule is CC(=O)OC(C(C)=O)[C@H]1O[C@@H](n2ccc(=O)[nH]c2=O)[C@H](F)[C@@H]1O. The van der Waals surface area contributed by atoms with Crippen LogP contribution in [0.3, 0.4) is 0 Å². The average molecular weight is 330 g/mol. The standard InChI is InChI=1S/C13H15FN2O7/c1-5(17)10(22-6(2)18)11-9(20)8(14)12(23-11)16-4-3-7(19)15-13(16)21/h3-4,8-12,20H,1-2H3,(H,15,19,21)/t8-,9+,10?,11+,12-/m1/s1. The Balaban J connectivity index is 2.33. The lowest BCUT2D eigenvalue weighted by Gasteiger charge is -2.22. The molecular weight excluding hydrogens is 315 g/mol. The molecule has 1 saturated heterocycles. The van der Waals surface area contributed by atoms with E-state index in [1.807, 2.05) is 4.98 Å². The van der Waals surface area contributed by atoms with Crippen LogP contribution in [0.5, 0.6) is 0 Å². The monoisotopic (exact) mass is 330 g/mol. The highest BCUT2D eigenvalue weighted by atomic mass is 19.1. The van der Waals surface area contributed by atoms with Gasteiger partial charge in [0, 0.05) is 19.2 Å². The number of H-pyrrole nitrogens is 1. The number of nitrogens with one attached hydrogen (secondary N) is 1. The van der Waals surface area contributed by atoms with Gasteiger partial charge in [0.25, 0.3) is 5.56 Å². The fourth-order valence-corrected chi connectivity index (χ4v) is 2.32. The second-order valence-electron chi connectivity index (χ2n) is 5.08. The number of aromatic nitrogens is 2. The molecule has 1 fully saturated rings. The molecule has 0 radical (unpaired) electrons. The van der Waals surface area contributed by atoms with Crippen molar-refractivity contribution in [3.05, 3.63) is 33.1 Å². The smallest absolute Gasteiger partial charge is 0.330 e. The third-order valence-corrected chi connectivity index (χ3v) is 3.35. The number of halogens is 1. The van der Waals surface area contributed by atoms with Gasteiger partial charge in [-0.3, -0.25) is 23.9 Å². The molecule has 9 nitrogen and oxygen atoms in total. The zero-order valence-electron chi connectivity index (χ0n) is 12.3. The van der Waals surface area contributed by atoms with Gasteiger partial charge in [0.2, 0.25) is 0 Å². The van der Waals surface area contributed by atoms with Gasteiger partial charge < -0.3 is 14.6 Å². The highest BCUT2D eigenvalue weighted by Gasteiger charge is 2.51. The number of hydrogen-bond acceptors (Lipinski definition) is 7. The predicted octanol–water partition coefficient (Wildman–Crippen LogP) is -1.35. The minimum Gasteiger partial charge on any atom is -0.452 e. The van der Waals surface area contributed by atoms with Crippen molar-refractivity contribution in [1.29, 1.82) is 0 Å². The molecule has 2 rings (SSSR count). The molecule has 1 aromatic heterocycles. The van der Waals surface area contributed by atoms with E-state index in [-0.39, 0.29) is 0 Å². The van der Waals surface area contributed by atoms with E-state index in [1.165, 1.54) is 0 Å². The number of Topliss-reactive ketones (excluding diaryl/α,β-unsaturated/α-hetero) is 1. The first kappa shape index (κ1) is 17.0. The molecule has 1 aliphatic heterocycles. The van der Waals surface area contributed by atoms with Crippen LogP contribution in [0.15, 0.2) is 21.9 Å². The first-order valence-corrected chi connectivity index (χ1v) is 6.69. The number of rotatable bonds is 4. The van der Waals surface area contributed by atoms with E-state index in [9.17, 15) is 28.7 Å². The van der Waals surface area contributed by atoms with Crippen LogP contribution in [0.1, 0.15) is 20.1 Å². The number of aliphatic hydroxyl groups excluding tert-OH is 1. The van der Waals surface area contributed by atoms with Crippen LogP contribution in [0.2, 0.25) is 0 Å². The molecule has 0 saturated carbocycles. The van der Waals surface area contributed by atoms with Gasteiger partial charge in [-0.05, 0) is 6.92 Å². The number of nitrogens with zero attached hydrogens (tertiary/aromatic N) is 1. The van der Waals surface area contributed by atoms with Crippen LogP contribution in [-0.4, -0.2) is 50.9 Å². The third kappa shape index (κ3) is 3.37. The Morgan fingerprint density at radius 3 is 2.61 bits per heavy atom. The zero-order chi connectivity index (χ0) is 17.3. The average Bonchev–Trinajstić information content (AvgIpc) is 2.73. The summed E-state index contributed by atoms with van der Waals surface area (Å²) in [6, 6.07) is 0.978. The van der Waals surface area contributed by atoms with Crippen molar-refractivity contribution in [1.82, 2.24) is 9.55 Å². The quantitative estimate of drug-likeness (QED) is 0.654. The minimum atomic E-state index is -2.07. The van der Waals surface area contributed by atoms with Crippen molar-refractivity contribution in [3.63, 3.8) is 0 Å². The van der Waals surface area contributed by atoms with Crippen molar-refractivity contribution < 1.29 is 28.6 Å². The molecule has 0 bridgehead atoms. The largest absolute Gasteiger partial charge is 0.452 e. The summed E-state index contributed by atoms with van der Waals surface area (Å²) in [4.78, 5) is 47.3. The summed E-state index contributed by atoms with van der Waals surface area (Å²) in [6.07, 6.45) is -7.42. The number of carbonyl (C=O) groups excluding carboxylic acids is 2. The van der Waals surface area contributed by atoms with Crippen molar-refractivity contribution in [2.75, 3.05) is 0 Å². The van der Waals surface area contributed by atoms with E-state index < -0.39 is 53.7 Å². The Morgan fingerprint density at radius 1 is 1.43 bits per heavy atom. The van der Waals surface area contributed by atoms with Crippen LogP contribution < -0.4 is 11.2 Å². The van der Waals surface area contributed by atoms with Crippen molar-refractivity contribution in [3.8, 4) is 0 Å². The molecule has 2 heterocycles. The number of ether oxygens (including phenoxy) is 2. The second kappa shape index (κ2) is 6.42. The maximum absolute atomic E-state index is 14.3. The summed E-state index contributed by atoms with van der Waals surface area (Å²) in [6.45, 7) is 2.14. The summed E-state index contributed by atoms with van der Waals surface area (Å²) in [7, 11) is 0. The first-order valence-electron chi connectivity index (χ1n) is 6.69. The highest BCUT2D eigenvalue weighted by Crippen LogP contribution is 2.33. The minimum absolute atomic E-state index is 0.647. The summed E-state index contributed by atoms with van der Waals surface area (Å²) in [5.74, 6) is -1.45. The molecule has 10 heteroatoms. The fourth-order valence-electron chi connectivity index (χ4n) is 2.32. The lowest BCUT2D eigenvalue weighted by atomic mass is 10.0. The lowest BCUT2D eigenvalue weighted by Crippen LogP contribution is -2.43. The molecular formula is C13H15FN2O7. The molecule has 1 aromatic rings. The molecule has 0 spiro atoms. The van der Waals surface area contributed by atoms with Gasteiger partial charge in [-0.15, -0.1) is 0 Å². The summed E-state index contributed by atoms with van der Waals surface area (Å²) >= 11 is 0. The first-order chi connectivity index (χ1) is 10.7. The maximum Gasteiger partial charge on any atom is 0.330 e. The molecule has 2 N–H and O–H groups in total. The van der Waals surface area contributed by atoms with E-state index in [2.05, 4.69) is 0 Å². The number of alkyl halides is 1. The Hall–Kier alpha value is -2.33. The topological polar surface area (TPSA) is 128 Å². The van der Waals surface area contributed by atoms with E-state index >= 15 is 0 Å². The van der Waals surface area contributed by atoms with Crippen LogP contribution in [0, 0.1) is 0 Å². The molecule has 1 unspecified atom stereocenters. The second-order valence-corrected chi connectivity index (χ2v) is 5.08. The molecule has 0 aromatic carbocycles. The predicted molar refractivity (Wildman–Crippen MR) is 72.4 cm³/mol. The van der Waals surface area contributed by atoms with E-state index in [0.717, 1.165) is 30.7 Å². The number of aliphatic hydroxyl groups is 1. The lowest BCUT2D eigenvalue weighted by molar-refractivity contribution is -0.166. The van der Waals surface area contributed by atoms with Gasteiger partial charge in [-0.25, -0.2) is 9.18 Å². The van der Waals surface area contributed by atoms with Gasteiger partial charge in [-0.1, -0.05) is 0 Å². The Morgan fingerprint density at radius 2 is 2.09 bits per heavy atom. The van der Waals surface area contributed by atoms with Gasteiger partial charge in [0.15, 0.2) is 24.3 Å². The molecule has 23 heavy (non-hydrogen) atoms. The number of esters is 1. The summed E-state index contributed by atoms with van der Waals surface area (Å²) in [5.41, 5.74) is -1.62. The van der Waals surface area contributed by atoms with Gasteiger partial charge in [0.1, 0.15) is 12.2 Å². The Bertz CT molecular complexity index is 728. The van der Waals surface area contributed by atoms with Gasteiger partial charge in [0.05, 0.1) is 0 Å². The number of carbonyl (C=O) groups is 2. The maximum atomic E-state index is 14.3. The van der Waals surface area contributed by atoms with Crippen molar-refractivity contribution in [2.24, 2.45) is 0 Å². The molecule has 0 aliphatic carbocycles. The van der Waals surface area contributed by atoms with Crippen LogP contribution in [0.25, 0.3) is 0 Å². The Kier molecular flexibility index (Phi) is 4.76. The van der Waals surface area contributed by atoms with Crippen LogP contribution >= 0.6 is 0 Å². The van der Waals surface area contributed by atoms with E-state index in [1.54, 1.807) is 0 Å². The molecule has 1 aliphatic rings. The molecule has 126 valence electrons. The highest BCUT2D eigenvalue weighted by molar-refractivity contribution is 5.83. The normalized spacial score (nSPS) is 28.3. The van der Waals surface area contributed by atoms with Crippen molar-refractivity contribution in [2.45, 2.75) is 44.6 Å². The molecule has 0 amide bonds. The number of aromatic amines is 1.